The molecular formula is C9H8O2S. The van der Waals surface area contributed by atoms with Gasteiger partial charge in [-0.05, 0) is 17.0 Å². The minimum absolute atomic E-state index is 0.0312. The minimum atomic E-state index is 0.0312. The van der Waals surface area contributed by atoms with Crippen LogP contribution in [0.1, 0.15) is 5.56 Å². The number of phenols is 1. The van der Waals surface area contributed by atoms with Crippen LogP contribution in [0, 0.1) is 0 Å². The zero-order chi connectivity index (χ0) is 8.55. The van der Waals surface area contributed by atoms with E-state index in [1.165, 1.54) is 11.3 Å². The van der Waals surface area contributed by atoms with Gasteiger partial charge in [0.1, 0.15) is 5.75 Å². The van der Waals surface area contributed by atoms with Crippen LogP contribution in [-0.2, 0) is 6.61 Å². The normalized spacial score (nSPS) is 10.8. The van der Waals surface area contributed by atoms with Crippen molar-refractivity contribution in [2.24, 2.45) is 0 Å². The fourth-order valence-electron chi connectivity index (χ4n) is 1.22. The molecule has 0 radical (unpaired) electrons. The van der Waals surface area contributed by atoms with Crippen LogP contribution in [-0.4, -0.2) is 10.2 Å². The van der Waals surface area contributed by atoms with E-state index < -0.39 is 0 Å². The molecule has 0 fully saturated rings. The Morgan fingerprint density at radius 1 is 1.33 bits per heavy atom. The Morgan fingerprint density at radius 2 is 2.17 bits per heavy atom. The molecule has 1 aromatic carbocycles. The fraction of sp³-hybridized carbons (Fsp3) is 0.111. The summed E-state index contributed by atoms with van der Waals surface area (Å²) in [6.07, 6.45) is 0. The quantitative estimate of drug-likeness (QED) is 0.705. The van der Waals surface area contributed by atoms with E-state index in [0.29, 0.717) is 0 Å². The highest BCUT2D eigenvalue weighted by atomic mass is 32.1. The van der Waals surface area contributed by atoms with Crippen LogP contribution >= 0.6 is 11.3 Å². The third-order valence-corrected chi connectivity index (χ3v) is 2.90. The molecule has 2 nitrogen and oxygen atoms in total. The first kappa shape index (κ1) is 7.58. The molecule has 0 spiro atoms. The number of aliphatic hydroxyl groups is 1. The molecule has 62 valence electrons. The molecular weight excluding hydrogens is 172 g/mol. The molecule has 1 heterocycles. The Kier molecular flexibility index (Phi) is 1.75. The highest BCUT2D eigenvalue weighted by Gasteiger charge is 2.04. The van der Waals surface area contributed by atoms with Crippen molar-refractivity contribution < 1.29 is 10.2 Å². The van der Waals surface area contributed by atoms with Gasteiger partial charge in [0.25, 0.3) is 0 Å². The molecule has 12 heavy (non-hydrogen) atoms. The number of rotatable bonds is 1. The molecule has 1 aromatic heterocycles. The first-order valence-corrected chi connectivity index (χ1v) is 4.50. The van der Waals surface area contributed by atoms with Crippen molar-refractivity contribution >= 4 is 21.4 Å². The molecule has 2 rings (SSSR count). The largest absolute Gasteiger partial charge is 0.506 e. The van der Waals surface area contributed by atoms with Crippen LogP contribution in [0.5, 0.6) is 5.75 Å². The molecule has 0 saturated heterocycles. The van der Waals surface area contributed by atoms with E-state index in [1.807, 2.05) is 11.4 Å². The molecule has 0 saturated carbocycles. The van der Waals surface area contributed by atoms with Gasteiger partial charge in [-0.25, -0.2) is 0 Å². The Bertz CT molecular complexity index is 406. The Balaban J connectivity index is 2.80. The van der Waals surface area contributed by atoms with Crippen molar-refractivity contribution in [3.05, 3.63) is 29.1 Å². The van der Waals surface area contributed by atoms with Crippen molar-refractivity contribution in [3.63, 3.8) is 0 Å². The zero-order valence-corrected chi connectivity index (χ0v) is 7.14. The van der Waals surface area contributed by atoms with Gasteiger partial charge in [-0.2, -0.15) is 0 Å². The highest BCUT2D eigenvalue weighted by molar-refractivity contribution is 7.17. The molecule has 2 N–H and O–H groups in total. The lowest BCUT2D eigenvalue weighted by Crippen LogP contribution is -1.77. The Morgan fingerprint density at radius 3 is 2.92 bits per heavy atom. The number of phenolic OH excluding ortho intramolecular Hbond substituents is 1. The van der Waals surface area contributed by atoms with Crippen LogP contribution in [0.4, 0.5) is 0 Å². The molecule has 0 aliphatic heterocycles. The maximum absolute atomic E-state index is 9.41. The maximum atomic E-state index is 9.41. The van der Waals surface area contributed by atoms with E-state index in [1.54, 1.807) is 12.1 Å². The monoisotopic (exact) mass is 180 g/mol. The van der Waals surface area contributed by atoms with E-state index in [-0.39, 0.29) is 12.4 Å². The van der Waals surface area contributed by atoms with E-state index in [0.717, 1.165) is 15.6 Å². The molecule has 0 amide bonds. The van der Waals surface area contributed by atoms with Crippen LogP contribution in [0.15, 0.2) is 23.6 Å². The molecule has 0 bridgehead atoms. The predicted octanol–water partition coefficient (Wildman–Crippen LogP) is 2.10. The van der Waals surface area contributed by atoms with E-state index in [4.69, 9.17) is 5.11 Å². The van der Waals surface area contributed by atoms with Gasteiger partial charge in [-0.1, -0.05) is 12.1 Å². The SMILES string of the molecule is OCc1csc2c(O)cccc12. The number of fused-ring (bicyclic) bond motifs is 1. The molecule has 0 atom stereocenters. The smallest absolute Gasteiger partial charge is 0.133 e. The summed E-state index contributed by atoms with van der Waals surface area (Å²) in [7, 11) is 0. The zero-order valence-electron chi connectivity index (χ0n) is 6.32. The summed E-state index contributed by atoms with van der Waals surface area (Å²) in [5, 5.41) is 21.2. The molecule has 0 aliphatic rings. The number of hydrogen-bond donors (Lipinski definition) is 2. The third-order valence-electron chi connectivity index (χ3n) is 1.83. The predicted molar refractivity (Wildman–Crippen MR) is 49.4 cm³/mol. The number of aromatic hydroxyl groups is 1. The summed E-state index contributed by atoms with van der Waals surface area (Å²) in [5.41, 5.74) is 0.880. The summed E-state index contributed by atoms with van der Waals surface area (Å²) in [4.78, 5) is 0. The second-order valence-corrected chi connectivity index (χ2v) is 3.45. The van der Waals surface area contributed by atoms with Crippen LogP contribution in [0.25, 0.3) is 10.1 Å². The second-order valence-electron chi connectivity index (χ2n) is 2.57. The minimum Gasteiger partial charge on any atom is -0.506 e. The average molecular weight is 180 g/mol. The highest BCUT2D eigenvalue weighted by Crippen LogP contribution is 2.32. The first-order chi connectivity index (χ1) is 5.83. The van der Waals surface area contributed by atoms with Crippen molar-refractivity contribution in [3.8, 4) is 5.75 Å². The summed E-state index contributed by atoms with van der Waals surface area (Å²) in [5.74, 6) is 0.289. The van der Waals surface area contributed by atoms with Gasteiger partial charge in [0, 0.05) is 5.39 Å². The van der Waals surface area contributed by atoms with Crippen LogP contribution < -0.4 is 0 Å². The van der Waals surface area contributed by atoms with Gasteiger partial charge in [0.05, 0.1) is 11.3 Å². The third kappa shape index (κ3) is 0.983. The summed E-state index contributed by atoms with van der Waals surface area (Å²) in [6, 6.07) is 5.33. The summed E-state index contributed by atoms with van der Waals surface area (Å²) < 4.78 is 0.849. The van der Waals surface area contributed by atoms with Gasteiger partial charge < -0.3 is 10.2 Å². The van der Waals surface area contributed by atoms with E-state index >= 15 is 0 Å². The Hall–Kier alpha value is -1.06. The van der Waals surface area contributed by atoms with Crippen molar-refractivity contribution in [1.82, 2.24) is 0 Å². The Labute approximate surface area is 73.7 Å². The van der Waals surface area contributed by atoms with E-state index in [9.17, 15) is 5.11 Å². The topological polar surface area (TPSA) is 40.5 Å². The van der Waals surface area contributed by atoms with Crippen molar-refractivity contribution in [2.45, 2.75) is 6.61 Å². The lowest BCUT2D eigenvalue weighted by molar-refractivity contribution is 0.284. The molecule has 2 aromatic rings. The van der Waals surface area contributed by atoms with Crippen molar-refractivity contribution in [2.75, 3.05) is 0 Å². The summed E-state index contributed by atoms with van der Waals surface area (Å²) >= 11 is 1.46. The fourth-order valence-corrected chi connectivity index (χ4v) is 2.19. The number of hydrogen-bond acceptors (Lipinski definition) is 3. The van der Waals surface area contributed by atoms with Gasteiger partial charge in [-0.15, -0.1) is 11.3 Å². The molecule has 0 aliphatic carbocycles. The maximum Gasteiger partial charge on any atom is 0.133 e. The lowest BCUT2D eigenvalue weighted by atomic mass is 10.2. The standard InChI is InChI=1S/C9H8O2S/c10-4-6-5-12-9-7(6)2-1-3-8(9)11/h1-3,5,10-11H,4H2. The van der Waals surface area contributed by atoms with E-state index in [2.05, 4.69) is 0 Å². The van der Waals surface area contributed by atoms with Crippen LogP contribution in [0.2, 0.25) is 0 Å². The van der Waals surface area contributed by atoms with Gasteiger partial charge in [-0.3, -0.25) is 0 Å². The van der Waals surface area contributed by atoms with Crippen molar-refractivity contribution in [1.29, 1.82) is 0 Å². The second kappa shape index (κ2) is 2.77. The molecule has 3 heteroatoms. The number of aliphatic hydroxyl groups excluding tert-OH is 1. The number of benzene rings is 1. The first-order valence-electron chi connectivity index (χ1n) is 3.62. The van der Waals surface area contributed by atoms with Gasteiger partial charge in [0.2, 0.25) is 0 Å². The molecule has 0 unspecified atom stereocenters. The average Bonchev–Trinajstić information content (AvgIpc) is 2.49. The summed E-state index contributed by atoms with van der Waals surface area (Å²) in [6.45, 7) is 0.0312. The van der Waals surface area contributed by atoms with Gasteiger partial charge >= 0.3 is 0 Å². The van der Waals surface area contributed by atoms with Crippen LogP contribution in [0.3, 0.4) is 0 Å². The lowest BCUT2D eigenvalue weighted by Gasteiger charge is -1.94. The number of thiophene rings is 1. The van der Waals surface area contributed by atoms with Gasteiger partial charge in [0.15, 0.2) is 0 Å².